The number of methoxy groups -OCH3 is 4. The second-order valence-electron chi connectivity index (χ2n) is 7.16. The van der Waals surface area contributed by atoms with Gasteiger partial charge in [-0.15, -0.1) is 0 Å². The molecule has 0 amide bonds. The van der Waals surface area contributed by atoms with Gasteiger partial charge in [-0.1, -0.05) is 24.3 Å². The third-order valence-corrected chi connectivity index (χ3v) is 4.87. The molecule has 0 saturated carbocycles. The SMILES string of the molecule is COc1ccc(C=CC(=O)C(CC(C)=O)C(=O)C=Cc2ccc(OC)c(OC)c2)cc1OC. The molecule has 0 bridgehead atoms. The first-order valence-corrected chi connectivity index (χ1v) is 10.2. The zero-order chi connectivity index (χ0) is 24.4. The van der Waals surface area contributed by atoms with E-state index in [0.29, 0.717) is 34.1 Å². The van der Waals surface area contributed by atoms with E-state index in [0.717, 1.165) is 0 Å². The number of carbonyl (C=O) groups excluding carboxylic acids is 3. The summed E-state index contributed by atoms with van der Waals surface area (Å²) in [6.07, 6.45) is 5.57. The van der Waals surface area contributed by atoms with Gasteiger partial charge in [-0.3, -0.25) is 14.4 Å². The van der Waals surface area contributed by atoms with Gasteiger partial charge in [0.05, 0.1) is 34.4 Å². The maximum absolute atomic E-state index is 12.8. The quantitative estimate of drug-likeness (QED) is 0.353. The Morgan fingerprint density at radius 1 is 0.697 bits per heavy atom. The van der Waals surface area contributed by atoms with Crippen molar-refractivity contribution in [2.24, 2.45) is 5.92 Å². The average Bonchev–Trinajstić information content (AvgIpc) is 2.83. The largest absolute Gasteiger partial charge is 0.493 e. The van der Waals surface area contributed by atoms with Crippen molar-refractivity contribution in [1.82, 2.24) is 0 Å². The molecule has 0 heterocycles. The Bertz CT molecular complexity index is 989. The lowest BCUT2D eigenvalue weighted by Crippen LogP contribution is -2.23. The molecular formula is C26H28O7. The number of rotatable bonds is 12. The van der Waals surface area contributed by atoms with Crippen LogP contribution in [0.4, 0.5) is 0 Å². The van der Waals surface area contributed by atoms with Crippen LogP contribution in [-0.2, 0) is 14.4 Å². The molecule has 7 heteroatoms. The van der Waals surface area contributed by atoms with E-state index >= 15 is 0 Å². The summed E-state index contributed by atoms with van der Waals surface area (Å²) in [6.45, 7) is 1.35. The fraction of sp³-hybridized carbons (Fsp3) is 0.269. The minimum absolute atomic E-state index is 0.176. The normalized spacial score (nSPS) is 11.9. The Hall–Kier alpha value is -3.87. The Labute approximate surface area is 193 Å². The summed E-state index contributed by atoms with van der Waals surface area (Å²) in [5.41, 5.74) is 1.38. The lowest BCUT2D eigenvalue weighted by Gasteiger charge is -2.10. The zero-order valence-corrected chi connectivity index (χ0v) is 19.4. The van der Waals surface area contributed by atoms with E-state index in [-0.39, 0.29) is 12.2 Å². The minimum Gasteiger partial charge on any atom is -0.493 e. The van der Waals surface area contributed by atoms with Crippen LogP contribution in [0.2, 0.25) is 0 Å². The number of ketones is 3. The Balaban J connectivity index is 2.21. The lowest BCUT2D eigenvalue weighted by molar-refractivity contribution is -0.131. The second kappa shape index (κ2) is 12.2. The molecule has 0 fully saturated rings. The average molecular weight is 453 g/mol. The van der Waals surface area contributed by atoms with Crippen LogP contribution in [0, 0.1) is 5.92 Å². The van der Waals surface area contributed by atoms with Gasteiger partial charge in [0.15, 0.2) is 34.6 Å². The van der Waals surface area contributed by atoms with E-state index in [1.165, 1.54) is 47.5 Å². The van der Waals surface area contributed by atoms with E-state index in [1.807, 2.05) is 0 Å². The van der Waals surface area contributed by atoms with Gasteiger partial charge in [0.1, 0.15) is 5.78 Å². The highest BCUT2D eigenvalue weighted by Gasteiger charge is 2.24. The van der Waals surface area contributed by atoms with Gasteiger partial charge in [-0.2, -0.15) is 0 Å². The third-order valence-electron chi connectivity index (χ3n) is 4.87. The van der Waals surface area contributed by atoms with E-state index in [2.05, 4.69) is 0 Å². The Kier molecular flexibility index (Phi) is 9.42. The summed E-state index contributed by atoms with van der Waals surface area (Å²) in [7, 11) is 6.10. The Morgan fingerprint density at radius 3 is 1.42 bits per heavy atom. The molecule has 174 valence electrons. The molecule has 2 aromatic carbocycles. The van der Waals surface area contributed by atoms with Crippen molar-refractivity contribution in [2.75, 3.05) is 28.4 Å². The standard InChI is InChI=1S/C26H28O7/c1-17(27)14-20(21(28)10-6-18-8-12-23(30-2)25(15-18)32-4)22(29)11-7-19-9-13-24(31-3)26(16-19)33-5/h6-13,15-16,20H,14H2,1-5H3. The summed E-state index contributed by atoms with van der Waals surface area (Å²) in [6, 6.07) is 10.4. The van der Waals surface area contributed by atoms with E-state index in [9.17, 15) is 14.4 Å². The van der Waals surface area contributed by atoms with Crippen LogP contribution in [0.5, 0.6) is 23.0 Å². The van der Waals surface area contributed by atoms with Crippen molar-refractivity contribution in [3.8, 4) is 23.0 Å². The van der Waals surface area contributed by atoms with Crippen molar-refractivity contribution in [3.05, 3.63) is 59.7 Å². The molecule has 0 aliphatic carbocycles. The summed E-state index contributed by atoms with van der Waals surface area (Å²) >= 11 is 0. The zero-order valence-electron chi connectivity index (χ0n) is 19.4. The summed E-state index contributed by atoms with van der Waals surface area (Å²) < 4.78 is 20.9. The predicted molar refractivity (Wildman–Crippen MR) is 126 cm³/mol. The van der Waals surface area contributed by atoms with E-state index in [4.69, 9.17) is 18.9 Å². The number of carbonyl (C=O) groups is 3. The molecule has 2 aromatic rings. The van der Waals surface area contributed by atoms with Crippen molar-refractivity contribution < 1.29 is 33.3 Å². The van der Waals surface area contributed by atoms with Gasteiger partial charge in [0.2, 0.25) is 0 Å². The Morgan fingerprint density at radius 2 is 1.09 bits per heavy atom. The molecule has 0 aliphatic heterocycles. The lowest BCUT2D eigenvalue weighted by atomic mass is 9.92. The fourth-order valence-electron chi connectivity index (χ4n) is 3.13. The molecule has 0 unspecified atom stereocenters. The summed E-state index contributed by atoms with van der Waals surface area (Å²) in [5, 5.41) is 0. The third kappa shape index (κ3) is 7.07. The van der Waals surface area contributed by atoms with Crippen LogP contribution in [0.15, 0.2) is 48.6 Å². The van der Waals surface area contributed by atoms with Crippen LogP contribution in [0.3, 0.4) is 0 Å². The van der Waals surface area contributed by atoms with Crippen molar-refractivity contribution in [2.45, 2.75) is 13.3 Å². The topological polar surface area (TPSA) is 88.1 Å². The molecule has 7 nitrogen and oxygen atoms in total. The van der Waals surface area contributed by atoms with Crippen molar-refractivity contribution >= 4 is 29.5 Å². The smallest absolute Gasteiger partial charge is 0.166 e. The van der Waals surface area contributed by atoms with E-state index in [1.54, 1.807) is 48.6 Å². The highest BCUT2D eigenvalue weighted by Crippen LogP contribution is 2.29. The molecule has 2 rings (SSSR count). The summed E-state index contributed by atoms with van der Waals surface area (Å²) in [5.74, 6) is -0.112. The number of Topliss-reactive ketones (excluding diaryl/α,β-unsaturated/α-hetero) is 1. The highest BCUT2D eigenvalue weighted by molar-refractivity contribution is 6.15. The molecular weight excluding hydrogens is 424 g/mol. The first-order valence-electron chi connectivity index (χ1n) is 10.2. The van der Waals surface area contributed by atoms with Gasteiger partial charge in [-0.25, -0.2) is 0 Å². The van der Waals surface area contributed by atoms with Gasteiger partial charge < -0.3 is 18.9 Å². The maximum Gasteiger partial charge on any atom is 0.166 e. The highest BCUT2D eigenvalue weighted by atomic mass is 16.5. The molecule has 0 atom stereocenters. The molecule has 0 aromatic heterocycles. The van der Waals surface area contributed by atoms with E-state index < -0.39 is 17.5 Å². The van der Waals surface area contributed by atoms with Crippen LogP contribution in [0.25, 0.3) is 12.2 Å². The second-order valence-corrected chi connectivity index (χ2v) is 7.16. The molecule has 0 N–H and O–H groups in total. The number of ether oxygens (including phenoxy) is 4. The van der Waals surface area contributed by atoms with Gasteiger partial charge in [0, 0.05) is 6.42 Å². The first kappa shape index (κ1) is 25.4. The molecule has 0 radical (unpaired) electrons. The molecule has 0 spiro atoms. The predicted octanol–water partition coefficient (Wildman–Crippen LogP) is 4.18. The maximum atomic E-state index is 12.8. The van der Waals surface area contributed by atoms with Gasteiger partial charge >= 0.3 is 0 Å². The summed E-state index contributed by atoms with van der Waals surface area (Å²) in [4.78, 5) is 37.3. The van der Waals surface area contributed by atoms with Crippen LogP contribution in [-0.4, -0.2) is 45.8 Å². The fourth-order valence-corrected chi connectivity index (χ4v) is 3.13. The van der Waals surface area contributed by atoms with Gasteiger partial charge in [0.25, 0.3) is 0 Å². The molecule has 0 saturated heterocycles. The van der Waals surface area contributed by atoms with Crippen molar-refractivity contribution in [3.63, 3.8) is 0 Å². The molecule has 0 aliphatic rings. The number of benzene rings is 2. The van der Waals surface area contributed by atoms with Crippen LogP contribution >= 0.6 is 0 Å². The number of hydrogen-bond acceptors (Lipinski definition) is 7. The monoisotopic (exact) mass is 452 g/mol. The number of hydrogen-bond donors (Lipinski definition) is 0. The minimum atomic E-state index is -1.10. The van der Waals surface area contributed by atoms with Gasteiger partial charge in [-0.05, 0) is 54.5 Å². The van der Waals surface area contributed by atoms with Crippen LogP contribution in [0.1, 0.15) is 24.5 Å². The number of allylic oxidation sites excluding steroid dienone is 2. The molecule has 33 heavy (non-hydrogen) atoms. The van der Waals surface area contributed by atoms with Crippen LogP contribution < -0.4 is 18.9 Å². The van der Waals surface area contributed by atoms with Crippen molar-refractivity contribution in [1.29, 1.82) is 0 Å². The first-order chi connectivity index (χ1) is 15.8.